The van der Waals surface area contributed by atoms with Crippen molar-refractivity contribution in [3.8, 4) is 0 Å². The predicted molar refractivity (Wildman–Crippen MR) is 105 cm³/mol. The highest BCUT2D eigenvalue weighted by molar-refractivity contribution is 5.82. The lowest BCUT2D eigenvalue weighted by Crippen LogP contribution is -2.46. The van der Waals surface area contributed by atoms with Crippen molar-refractivity contribution in [2.45, 2.75) is 32.7 Å². The standard InChI is InChI=1S/C19H37N3O6/c1-3-16(2)18(20)19(24)21-5-4-17(23)22-6-8-25-10-12-27-14-15-28-13-11-26-9-7-22/h16,18H,3-15,20H2,1-2H3,(H,21,24)/t16-,18-/m0/s1. The minimum Gasteiger partial charge on any atom is -0.377 e. The molecule has 0 aromatic carbocycles. The molecule has 0 aromatic heterocycles. The van der Waals surface area contributed by atoms with Gasteiger partial charge in [0.1, 0.15) is 0 Å². The smallest absolute Gasteiger partial charge is 0.237 e. The first-order valence-electron chi connectivity index (χ1n) is 10.2. The number of carbonyl (C=O) groups excluding carboxylic acids is 2. The maximum absolute atomic E-state index is 12.5. The summed E-state index contributed by atoms with van der Waals surface area (Å²) < 4.78 is 21.8. The number of ether oxygens (including phenoxy) is 4. The number of nitrogens with one attached hydrogen (secondary N) is 1. The normalized spacial score (nSPS) is 20.5. The van der Waals surface area contributed by atoms with Crippen LogP contribution >= 0.6 is 0 Å². The number of hydrogen-bond acceptors (Lipinski definition) is 7. The second-order valence-corrected chi connectivity index (χ2v) is 6.78. The highest BCUT2D eigenvalue weighted by atomic mass is 16.6. The minimum absolute atomic E-state index is 0.0542. The Kier molecular flexibility index (Phi) is 13.8. The molecule has 1 aliphatic rings. The van der Waals surface area contributed by atoms with Gasteiger partial charge in [-0.05, 0) is 5.92 Å². The zero-order valence-electron chi connectivity index (χ0n) is 17.3. The van der Waals surface area contributed by atoms with Crippen molar-refractivity contribution in [1.29, 1.82) is 0 Å². The molecule has 0 radical (unpaired) electrons. The second-order valence-electron chi connectivity index (χ2n) is 6.78. The summed E-state index contributed by atoms with van der Waals surface area (Å²) in [7, 11) is 0. The molecule has 0 spiro atoms. The minimum atomic E-state index is -0.551. The monoisotopic (exact) mass is 403 g/mol. The van der Waals surface area contributed by atoms with E-state index in [-0.39, 0.29) is 30.7 Å². The average molecular weight is 404 g/mol. The van der Waals surface area contributed by atoms with Crippen molar-refractivity contribution in [2.24, 2.45) is 11.7 Å². The molecular formula is C19H37N3O6. The molecule has 1 rings (SSSR count). The quantitative estimate of drug-likeness (QED) is 0.630. The summed E-state index contributed by atoms with van der Waals surface area (Å²) in [6.45, 7) is 8.99. The Morgan fingerprint density at radius 1 is 0.929 bits per heavy atom. The average Bonchev–Trinajstić information content (AvgIpc) is 2.71. The number of carbonyl (C=O) groups is 2. The van der Waals surface area contributed by atoms with Crippen LogP contribution in [0, 0.1) is 5.92 Å². The summed E-state index contributed by atoms with van der Waals surface area (Å²) in [5.41, 5.74) is 5.90. The van der Waals surface area contributed by atoms with E-state index in [1.54, 1.807) is 4.90 Å². The molecule has 2 atom stereocenters. The molecule has 2 amide bonds. The van der Waals surface area contributed by atoms with E-state index >= 15 is 0 Å². The number of nitrogens with two attached hydrogens (primary N) is 1. The van der Waals surface area contributed by atoms with E-state index in [9.17, 15) is 9.59 Å². The highest BCUT2D eigenvalue weighted by Gasteiger charge is 2.20. The number of nitrogens with zero attached hydrogens (tertiary/aromatic N) is 1. The molecule has 28 heavy (non-hydrogen) atoms. The molecule has 0 bridgehead atoms. The molecule has 1 fully saturated rings. The zero-order valence-corrected chi connectivity index (χ0v) is 17.3. The van der Waals surface area contributed by atoms with Gasteiger partial charge >= 0.3 is 0 Å². The third kappa shape index (κ3) is 10.9. The first kappa shape index (κ1) is 24.8. The van der Waals surface area contributed by atoms with Crippen LogP contribution in [0.2, 0.25) is 0 Å². The molecule has 0 aromatic rings. The van der Waals surface area contributed by atoms with E-state index < -0.39 is 6.04 Å². The Morgan fingerprint density at radius 2 is 1.39 bits per heavy atom. The van der Waals surface area contributed by atoms with Gasteiger partial charge in [-0.25, -0.2) is 0 Å². The highest BCUT2D eigenvalue weighted by Crippen LogP contribution is 2.05. The fourth-order valence-electron chi connectivity index (χ4n) is 2.55. The molecule has 3 N–H and O–H groups in total. The van der Waals surface area contributed by atoms with E-state index in [1.165, 1.54) is 0 Å². The fraction of sp³-hybridized carbons (Fsp3) is 0.895. The molecule has 0 saturated carbocycles. The predicted octanol–water partition coefficient (Wildman–Crippen LogP) is -0.225. The van der Waals surface area contributed by atoms with E-state index in [4.69, 9.17) is 24.7 Å². The molecule has 0 unspecified atom stereocenters. The van der Waals surface area contributed by atoms with Gasteiger partial charge in [0.05, 0.1) is 58.9 Å². The van der Waals surface area contributed by atoms with Crippen LogP contribution < -0.4 is 11.1 Å². The Balaban J connectivity index is 2.39. The molecule has 1 heterocycles. The van der Waals surface area contributed by atoms with Gasteiger partial charge in [-0.3, -0.25) is 9.59 Å². The van der Waals surface area contributed by atoms with Crippen LogP contribution in [0.3, 0.4) is 0 Å². The lowest BCUT2D eigenvalue weighted by Gasteiger charge is -2.23. The van der Waals surface area contributed by atoms with Crippen LogP contribution in [0.1, 0.15) is 26.7 Å². The second kappa shape index (κ2) is 15.6. The third-order valence-electron chi connectivity index (χ3n) is 4.68. The first-order valence-corrected chi connectivity index (χ1v) is 10.2. The first-order chi connectivity index (χ1) is 13.6. The molecule has 0 aliphatic carbocycles. The van der Waals surface area contributed by atoms with E-state index in [2.05, 4.69) is 5.32 Å². The maximum Gasteiger partial charge on any atom is 0.237 e. The van der Waals surface area contributed by atoms with Crippen molar-refractivity contribution in [1.82, 2.24) is 10.2 Å². The van der Waals surface area contributed by atoms with E-state index in [0.29, 0.717) is 65.9 Å². The van der Waals surface area contributed by atoms with E-state index in [1.807, 2.05) is 13.8 Å². The van der Waals surface area contributed by atoms with Crippen molar-refractivity contribution in [2.75, 3.05) is 72.5 Å². The van der Waals surface area contributed by atoms with Gasteiger partial charge in [0.15, 0.2) is 0 Å². The maximum atomic E-state index is 12.5. The Labute approximate surface area is 168 Å². The summed E-state index contributed by atoms with van der Waals surface area (Å²) in [6, 6.07) is -0.551. The van der Waals surface area contributed by atoms with Gasteiger partial charge < -0.3 is 34.9 Å². The van der Waals surface area contributed by atoms with Crippen molar-refractivity contribution >= 4 is 11.8 Å². The number of hydrogen-bond donors (Lipinski definition) is 2. The molecule has 164 valence electrons. The third-order valence-corrected chi connectivity index (χ3v) is 4.68. The summed E-state index contributed by atoms with van der Waals surface area (Å²) >= 11 is 0. The van der Waals surface area contributed by atoms with Crippen LogP contribution in [-0.2, 0) is 28.5 Å². The Hall–Kier alpha value is -1.26. The van der Waals surface area contributed by atoms with Gasteiger partial charge in [-0.2, -0.15) is 0 Å². The number of amides is 2. The van der Waals surface area contributed by atoms with Gasteiger partial charge in [-0.1, -0.05) is 20.3 Å². The van der Waals surface area contributed by atoms with Gasteiger partial charge in [0.2, 0.25) is 11.8 Å². The van der Waals surface area contributed by atoms with Crippen LogP contribution in [0.5, 0.6) is 0 Å². The Bertz CT molecular complexity index is 422. The Morgan fingerprint density at radius 3 is 1.86 bits per heavy atom. The summed E-state index contributed by atoms with van der Waals surface area (Å²) in [5.74, 6) is -0.169. The molecule has 1 saturated heterocycles. The van der Waals surface area contributed by atoms with Gasteiger partial charge in [-0.15, -0.1) is 0 Å². The lowest BCUT2D eigenvalue weighted by atomic mass is 9.99. The van der Waals surface area contributed by atoms with Gasteiger partial charge in [0, 0.05) is 26.1 Å². The molecule has 9 heteroatoms. The van der Waals surface area contributed by atoms with Gasteiger partial charge in [0.25, 0.3) is 0 Å². The number of rotatable bonds is 6. The van der Waals surface area contributed by atoms with Crippen LogP contribution in [0.15, 0.2) is 0 Å². The molecule has 1 aliphatic heterocycles. The van der Waals surface area contributed by atoms with Crippen LogP contribution in [0.4, 0.5) is 0 Å². The summed E-state index contributed by atoms with van der Waals surface area (Å²) in [6.07, 6.45) is 1.04. The summed E-state index contributed by atoms with van der Waals surface area (Å²) in [5, 5.41) is 2.75. The summed E-state index contributed by atoms with van der Waals surface area (Å²) in [4.78, 5) is 26.2. The van der Waals surface area contributed by atoms with Crippen LogP contribution in [-0.4, -0.2) is 95.2 Å². The zero-order chi connectivity index (χ0) is 20.6. The molecular weight excluding hydrogens is 366 g/mol. The van der Waals surface area contributed by atoms with Crippen molar-refractivity contribution in [3.05, 3.63) is 0 Å². The van der Waals surface area contributed by atoms with E-state index in [0.717, 1.165) is 6.42 Å². The largest absolute Gasteiger partial charge is 0.377 e. The SMILES string of the molecule is CC[C@H](C)[C@H](N)C(=O)NCCC(=O)N1CCOCCOCCOCCOCC1. The topological polar surface area (TPSA) is 112 Å². The fourth-order valence-corrected chi connectivity index (χ4v) is 2.55. The van der Waals surface area contributed by atoms with Crippen LogP contribution in [0.25, 0.3) is 0 Å². The lowest BCUT2D eigenvalue weighted by molar-refractivity contribution is -0.133. The van der Waals surface area contributed by atoms with Crippen molar-refractivity contribution in [3.63, 3.8) is 0 Å². The van der Waals surface area contributed by atoms with Crippen molar-refractivity contribution < 1.29 is 28.5 Å². The molecule has 9 nitrogen and oxygen atoms in total.